The number of amides is 1. The van der Waals surface area contributed by atoms with Gasteiger partial charge in [-0.25, -0.2) is 0 Å². The maximum atomic E-state index is 11.3. The van der Waals surface area contributed by atoms with Crippen LogP contribution in [0.15, 0.2) is 24.3 Å². The molecule has 2 atom stereocenters. The zero-order valence-corrected chi connectivity index (χ0v) is 9.47. The Morgan fingerprint density at radius 1 is 1.50 bits per heavy atom. The van der Waals surface area contributed by atoms with Gasteiger partial charge in [-0.05, 0) is 18.1 Å². The number of aliphatic hydroxyl groups is 1. The molecule has 1 aliphatic rings. The molecule has 86 valence electrons. The van der Waals surface area contributed by atoms with Crippen LogP contribution in [0, 0.1) is 12.8 Å². The highest BCUT2D eigenvalue weighted by atomic mass is 16.3. The number of carbonyl (C=O) groups is 1. The minimum absolute atomic E-state index is 0.0346. The normalized spacial score (nSPS) is 23.2. The Bertz CT molecular complexity index is 406. The van der Waals surface area contributed by atoms with Gasteiger partial charge in [-0.15, -0.1) is 0 Å². The summed E-state index contributed by atoms with van der Waals surface area (Å²) in [6.07, 6.45) is -0.768. The first-order chi connectivity index (χ1) is 7.59. The van der Waals surface area contributed by atoms with E-state index in [1.54, 1.807) is 5.01 Å². The molecule has 1 heterocycles. The largest absolute Gasteiger partial charge is 0.372 e. The number of benzene rings is 1. The molecule has 1 amide bonds. The molecular weight excluding hydrogens is 204 g/mol. The summed E-state index contributed by atoms with van der Waals surface area (Å²) in [5.41, 5.74) is 4.52. The van der Waals surface area contributed by atoms with Crippen molar-refractivity contribution in [1.29, 1.82) is 0 Å². The Balaban J connectivity index is 2.17. The zero-order valence-electron chi connectivity index (χ0n) is 9.47. The van der Waals surface area contributed by atoms with Gasteiger partial charge in [0.25, 0.3) is 0 Å². The van der Waals surface area contributed by atoms with Crippen molar-refractivity contribution in [1.82, 2.24) is 10.4 Å². The van der Waals surface area contributed by atoms with Gasteiger partial charge >= 0.3 is 0 Å². The SMILES string of the molecule is Cc1ccccc1C(O)N1CC(C)C(=O)N1. The monoisotopic (exact) mass is 220 g/mol. The third kappa shape index (κ3) is 1.94. The summed E-state index contributed by atoms with van der Waals surface area (Å²) in [5.74, 6) is -0.105. The lowest BCUT2D eigenvalue weighted by Crippen LogP contribution is -2.36. The maximum Gasteiger partial charge on any atom is 0.238 e. The second kappa shape index (κ2) is 4.23. The van der Waals surface area contributed by atoms with Gasteiger partial charge in [0.05, 0.1) is 5.92 Å². The van der Waals surface area contributed by atoms with Gasteiger partial charge in [0.1, 0.15) is 6.23 Å². The first kappa shape index (κ1) is 11.1. The summed E-state index contributed by atoms with van der Waals surface area (Å²) in [6.45, 7) is 4.33. The number of nitrogens with one attached hydrogen (secondary N) is 1. The molecule has 1 saturated heterocycles. The van der Waals surface area contributed by atoms with E-state index in [2.05, 4.69) is 5.43 Å². The van der Waals surface area contributed by atoms with Crippen molar-refractivity contribution in [3.8, 4) is 0 Å². The summed E-state index contributed by atoms with van der Waals surface area (Å²) < 4.78 is 0. The van der Waals surface area contributed by atoms with Crippen LogP contribution >= 0.6 is 0 Å². The minimum atomic E-state index is -0.768. The molecule has 0 saturated carbocycles. The molecule has 0 bridgehead atoms. The summed E-state index contributed by atoms with van der Waals surface area (Å²) in [4.78, 5) is 11.3. The molecule has 1 fully saturated rings. The fourth-order valence-corrected chi connectivity index (χ4v) is 1.88. The van der Waals surface area contributed by atoms with Gasteiger partial charge in [-0.1, -0.05) is 31.2 Å². The molecule has 0 radical (unpaired) electrons. The molecule has 16 heavy (non-hydrogen) atoms. The number of hydrogen-bond acceptors (Lipinski definition) is 3. The van der Waals surface area contributed by atoms with Crippen LogP contribution in [-0.2, 0) is 4.79 Å². The molecule has 0 aliphatic carbocycles. The van der Waals surface area contributed by atoms with E-state index in [0.29, 0.717) is 6.54 Å². The zero-order chi connectivity index (χ0) is 11.7. The average Bonchev–Trinajstić information content (AvgIpc) is 2.59. The highest BCUT2D eigenvalue weighted by Crippen LogP contribution is 2.23. The Hall–Kier alpha value is -1.39. The van der Waals surface area contributed by atoms with Gasteiger partial charge in [0.2, 0.25) is 5.91 Å². The molecule has 2 N–H and O–H groups in total. The maximum absolute atomic E-state index is 11.3. The number of hydrazine groups is 1. The molecule has 2 unspecified atom stereocenters. The van der Waals surface area contributed by atoms with Crippen LogP contribution in [0.1, 0.15) is 24.3 Å². The molecule has 2 rings (SSSR count). The average molecular weight is 220 g/mol. The quantitative estimate of drug-likeness (QED) is 0.780. The second-order valence-corrected chi connectivity index (χ2v) is 4.26. The van der Waals surface area contributed by atoms with Crippen molar-refractivity contribution in [3.63, 3.8) is 0 Å². The Morgan fingerprint density at radius 2 is 2.19 bits per heavy atom. The molecule has 0 spiro atoms. The van der Waals surface area contributed by atoms with E-state index in [-0.39, 0.29) is 11.8 Å². The molecule has 1 aromatic rings. The second-order valence-electron chi connectivity index (χ2n) is 4.26. The number of nitrogens with zero attached hydrogens (tertiary/aromatic N) is 1. The Morgan fingerprint density at radius 3 is 2.75 bits per heavy atom. The van der Waals surface area contributed by atoms with Crippen molar-refractivity contribution in [2.24, 2.45) is 5.92 Å². The lowest BCUT2D eigenvalue weighted by molar-refractivity contribution is -0.125. The highest BCUT2D eigenvalue weighted by Gasteiger charge is 2.31. The molecule has 0 aromatic heterocycles. The van der Waals surface area contributed by atoms with E-state index < -0.39 is 6.23 Å². The van der Waals surface area contributed by atoms with Gasteiger partial charge in [0.15, 0.2) is 0 Å². The number of aliphatic hydroxyl groups excluding tert-OH is 1. The predicted molar refractivity (Wildman–Crippen MR) is 60.2 cm³/mol. The molecular formula is C12H16N2O2. The molecule has 4 nitrogen and oxygen atoms in total. The van der Waals surface area contributed by atoms with Crippen molar-refractivity contribution in [3.05, 3.63) is 35.4 Å². The van der Waals surface area contributed by atoms with E-state index in [1.165, 1.54) is 0 Å². The Kier molecular flexibility index (Phi) is 2.94. The van der Waals surface area contributed by atoms with E-state index in [9.17, 15) is 9.90 Å². The standard InChI is InChI=1S/C12H16N2O2/c1-8-5-3-4-6-10(8)12(16)14-7-9(2)11(15)13-14/h3-6,9,12,16H,7H2,1-2H3,(H,13,15). The number of carbonyl (C=O) groups excluding carboxylic acids is 1. The molecule has 1 aromatic carbocycles. The summed E-state index contributed by atoms with van der Waals surface area (Å²) in [7, 11) is 0. The molecule has 4 heteroatoms. The van der Waals surface area contributed by atoms with Crippen LogP contribution in [0.2, 0.25) is 0 Å². The fourth-order valence-electron chi connectivity index (χ4n) is 1.88. The van der Waals surface area contributed by atoms with Gasteiger partial charge in [-0.2, -0.15) is 5.01 Å². The third-order valence-electron chi connectivity index (χ3n) is 2.93. The van der Waals surface area contributed by atoms with Crippen LogP contribution < -0.4 is 5.43 Å². The summed E-state index contributed by atoms with van der Waals surface area (Å²) in [5, 5.41) is 11.7. The van der Waals surface area contributed by atoms with Gasteiger partial charge in [0, 0.05) is 6.54 Å². The van der Waals surface area contributed by atoms with E-state index in [0.717, 1.165) is 11.1 Å². The van der Waals surface area contributed by atoms with Crippen LogP contribution in [0.3, 0.4) is 0 Å². The van der Waals surface area contributed by atoms with Crippen LogP contribution in [0.25, 0.3) is 0 Å². The molecule has 1 aliphatic heterocycles. The van der Waals surface area contributed by atoms with Crippen molar-refractivity contribution < 1.29 is 9.90 Å². The van der Waals surface area contributed by atoms with Crippen LogP contribution in [-0.4, -0.2) is 22.6 Å². The lowest BCUT2D eigenvalue weighted by atomic mass is 10.1. The first-order valence-corrected chi connectivity index (χ1v) is 5.40. The van der Waals surface area contributed by atoms with E-state index in [4.69, 9.17) is 0 Å². The first-order valence-electron chi connectivity index (χ1n) is 5.40. The van der Waals surface area contributed by atoms with Gasteiger partial charge in [-0.3, -0.25) is 10.2 Å². The van der Waals surface area contributed by atoms with E-state index >= 15 is 0 Å². The van der Waals surface area contributed by atoms with Crippen molar-refractivity contribution in [2.45, 2.75) is 20.1 Å². The summed E-state index contributed by atoms with van der Waals surface area (Å²) >= 11 is 0. The lowest BCUT2D eigenvalue weighted by Gasteiger charge is -2.23. The highest BCUT2D eigenvalue weighted by molar-refractivity contribution is 5.79. The Labute approximate surface area is 94.9 Å². The van der Waals surface area contributed by atoms with Gasteiger partial charge < -0.3 is 5.11 Å². The smallest absolute Gasteiger partial charge is 0.238 e. The number of hydrogen-bond donors (Lipinski definition) is 2. The van der Waals surface area contributed by atoms with Crippen LogP contribution in [0.5, 0.6) is 0 Å². The van der Waals surface area contributed by atoms with E-state index in [1.807, 2.05) is 38.1 Å². The van der Waals surface area contributed by atoms with Crippen molar-refractivity contribution in [2.75, 3.05) is 6.54 Å². The minimum Gasteiger partial charge on any atom is -0.372 e. The number of aryl methyl sites for hydroxylation is 1. The summed E-state index contributed by atoms with van der Waals surface area (Å²) in [6, 6.07) is 7.62. The predicted octanol–water partition coefficient (Wildman–Crippen LogP) is 0.969. The van der Waals surface area contributed by atoms with Crippen molar-refractivity contribution >= 4 is 5.91 Å². The fraction of sp³-hybridized carbons (Fsp3) is 0.417. The third-order valence-corrected chi connectivity index (χ3v) is 2.93. The van der Waals surface area contributed by atoms with Crippen LogP contribution in [0.4, 0.5) is 0 Å². The topological polar surface area (TPSA) is 52.6 Å². The number of rotatable bonds is 2.